The molecule has 0 aromatic heterocycles. The van der Waals surface area contributed by atoms with Crippen LogP contribution in [0.2, 0.25) is 5.02 Å². The van der Waals surface area contributed by atoms with Gasteiger partial charge < -0.3 is 20.4 Å². The fourth-order valence-electron chi connectivity index (χ4n) is 5.04. The van der Waals surface area contributed by atoms with Gasteiger partial charge in [0, 0.05) is 49.7 Å². The SMILES string of the molecule is Cc1ccc(C(=O)N2CCCN(c3ccc(NC(=O)c4ccccc4Cl)cc3C(=O)NCc3ccc(F)cc3)CC2)cc1. The third kappa shape index (κ3) is 7.40. The van der Waals surface area contributed by atoms with Gasteiger partial charge in [0.15, 0.2) is 0 Å². The minimum Gasteiger partial charge on any atom is -0.369 e. The first-order valence-corrected chi connectivity index (χ1v) is 14.5. The number of halogens is 2. The maximum atomic E-state index is 13.6. The predicted octanol–water partition coefficient (Wildman–Crippen LogP) is 6.32. The molecule has 0 aliphatic carbocycles. The third-order valence-corrected chi connectivity index (χ3v) is 7.74. The van der Waals surface area contributed by atoms with Crippen molar-refractivity contribution in [1.82, 2.24) is 10.2 Å². The van der Waals surface area contributed by atoms with Gasteiger partial charge in [-0.1, -0.05) is 53.6 Å². The summed E-state index contributed by atoms with van der Waals surface area (Å²) in [4.78, 5) is 43.6. The second-order valence-corrected chi connectivity index (χ2v) is 10.9. The lowest BCUT2D eigenvalue weighted by atomic mass is 10.1. The van der Waals surface area contributed by atoms with Crippen LogP contribution in [0.5, 0.6) is 0 Å². The first kappa shape index (κ1) is 29.8. The predicted molar refractivity (Wildman–Crippen MR) is 167 cm³/mol. The number of benzene rings is 4. The number of aryl methyl sites for hydroxylation is 1. The molecule has 1 heterocycles. The molecule has 5 rings (SSSR count). The summed E-state index contributed by atoms with van der Waals surface area (Å²) in [5.74, 6) is -1.10. The Balaban J connectivity index is 1.37. The molecule has 4 aromatic carbocycles. The van der Waals surface area contributed by atoms with Gasteiger partial charge in [0.1, 0.15) is 5.82 Å². The molecular formula is C34H32ClFN4O3. The summed E-state index contributed by atoms with van der Waals surface area (Å²) < 4.78 is 13.4. The molecule has 1 aliphatic rings. The number of carbonyl (C=O) groups excluding carboxylic acids is 3. The van der Waals surface area contributed by atoms with E-state index in [1.54, 1.807) is 48.5 Å². The standard InChI is InChI=1S/C34H32ClFN4O3/c1-23-7-11-25(12-8-23)34(43)40-18-4-17-39(19-20-40)31-16-15-27(38-33(42)28-5-2-3-6-30(28)35)21-29(31)32(41)37-22-24-9-13-26(36)14-10-24/h2-3,5-16,21H,4,17-20,22H2,1H3,(H,37,41)(H,38,42). The third-order valence-electron chi connectivity index (χ3n) is 7.41. The van der Waals surface area contributed by atoms with Crippen LogP contribution in [-0.4, -0.2) is 48.8 Å². The van der Waals surface area contributed by atoms with Crippen LogP contribution >= 0.6 is 11.6 Å². The zero-order chi connectivity index (χ0) is 30.3. The van der Waals surface area contributed by atoms with E-state index in [1.807, 2.05) is 42.2 Å². The van der Waals surface area contributed by atoms with Gasteiger partial charge in [-0.25, -0.2) is 4.39 Å². The van der Waals surface area contributed by atoms with Crippen LogP contribution in [0.25, 0.3) is 0 Å². The Hall–Kier alpha value is -4.69. The second-order valence-electron chi connectivity index (χ2n) is 10.5. The highest BCUT2D eigenvalue weighted by molar-refractivity contribution is 6.34. The summed E-state index contributed by atoms with van der Waals surface area (Å²) in [6.45, 7) is 4.45. The minimum atomic E-state index is -0.393. The molecule has 3 amide bonds. The number of carbonyl (C=O) groups is 3. The van der Waals surface area contributed by atoms with Crippen LogP contribution < -0.4 is 15.5 Å². The van der Waals surface area contributed by atoms with E-state index in [1.165, 1.54) is 12.1 Å². The molecule has 220 valence electrons. The number of anilines is 2. The van der Waals surface area contributed by atoms with Crippen molar-refractivity contribution in [2.24, 2.45) is 0 Å². The van der Waals surface area contributed by atoms with Gasteiger partial charge in [-0.2, -0.15) is 0 Å². The van der Waals surface area contributed by atoms with E-state index in [9.17, 15) is 18.8 Å². The van der Waals surface area contributed by atoms with Crippen LogP contribution in [0.3, 0.4) is 0 Å². The van der Waals surface area contributed by atoms with Gasteiger partial charge in [-0.15, -0.1) is 0 Å². The smallest absolute Gasteiger partial charge is 0.257 e. The Labute approximate surface area is 255 Å². The Morgan fingerprint density at radius 2 is 1.56 bits per heavy atom. The largest absolute Gasteiger partial charge is 0.369 e. The zero-order valence-electron chi connectivity index (χ0n) is 23.8. The van der Waals surface area contributed by atoms with Crippen LogP contribution in [0.15, 0.2) is 91.0 Å². The maximum Gasteiger partial charge on any atom is 0.257 e. The van der Waals surface area contributed by atoms with Gasteiger partial charge in [-0.3, -0.25) is 14.4 Å². The molecule has 0 bridgehead atoms. The molecule has 0 atom stereocenters. The van der Waals surface area contributed by atoms with Gasteiger partial charge in [0.2, 0.25) is 0 Å². The topological polar surface area (TPSA) is 81.8 Å². The summed E-state index contributed by atoms with van der Waals surface area (Å²) in [7, 11) is 0. The quantitative estimate of drug-likeness (QED) is 0.261. The van der Waals surface area contributed by atoms with Crippen LogP contribution in [0.1, 0.15) is 48.6 Å². The lowest BCUT2D eigenvalue weighted by Crippen LogP contribution is -2.36. The molecule has 0 radical (unpaired) electrons. The van der Waals surface area contributed by atoms with Crippen molar-refractivity contribution >= 4 is 40.7 Å². The second kappa shape index (κ2) is 13.5. The Morgan fingerprint density at radius 3 is 2.30 bits per heavy atom. The molecule has 4 aromatic rings. The number of amides is 3. The molecule has 1 aliphatic heterocycles. The lowest BCUT2D eigenvalue weighted by molar-refractivity contribution is 0.0766. The van der Waals surface area contributed by atoms with E-state index in [4.69, 9.17) is 11.6 Å². The van der Waals surface area contributed by atoms with Crippen LogP contribution in [0, 0.1) is 12.7 Å². The van der Waals surface area contributed by atoms with Gasteiger partial charge in [-0.05, 0) is 73.5 Å². The van der Waals surface area contributed by atoms with Crippen molar-refractivity contribution < 1.29 is 18.8 Å². The normalized spacial score (nSPS) is 13.3. The first-order valence-electron chi connectivity index (χ1n) is 14.1. The van der Waals surface area contributed by atoms with Gasteiger partial charge >= 0.3 is 0 Å². The fraction of sp³-hybridized carbons (Fsp3) is 0.206. The van der Waals surface area contributed by atoms with Crippen molar-refractivity contribution in [2.45, 2.75) is 19.9 Å². The molecular weight excluding hydrogens is 567 g/mol. The maximum absolute atomic E-state index is 13.6. The van der Waals surface area contributed by atoms with Crippen molar-refractivity contribution in [3.8, 4) is 0 Å². The Bertz CT molecular complexity index is 1630. The highest BCUT2D eigenvalue weighted by Gasteiger charge is 2.24. The molecule has 7 nitrogen and oxygen atoms in total. The molecule has 9 heteroatoms. The molecule has 2 N–H and O–H groups in total. The monoisotopic (exact) mass is 598 g/mol. The van der Waals surface area contributed by atoms with E-state index < -0.39 is 5.91 Å². The zero-order valence-corrected chi connectivity index (χ0v) is 24.5. The highest BCUT2D eigenvalue weighted by atomic mass is 35.5. The van der Waals surface area contributed by atoms with Crippen molar-refractivity contribution in [1.29, 1.82) is 0 Å². The Morgan fingerprint density at radius 1 is 0.814 bits per heavy atom. The van der Waals surface area contributed by atoms with E-state index in [-0.39, 0.29) is 24.2 Å². The van der Waals surface area contributed by atoms with Crippen LogP contribution in [0.4, 0.5) is 15.8 Å². The number of nitrogens with zero attached hydrogens (tertiary/aromatic N) is 2. The number of rotatable bonds is 7. The molecule has 1 fully saturated rings. The van der Waals surface area contributed by atoms with E-state index in [2.05, 4.69) is 15.5 Å². The summed E-state index contributed by atoms with van der Waals surface area (Å²) in [6.07, 6.45) is 0.721. The van der Waals surface area contributed by atoms with Crippen molar-refractivity contribution in [3.63, 3.8) is 0 Å². The first-order chi connectivity index (χ1) is 20.8. The fourth-order valence-corrected chi connectivity index (χ4v) is 5.26. The number of hydrogen-bond acceptors (Lipinski definition) is 4. The molecule has 0 saturated carbocycles. The van der Waals surface area contributed by atoms with E-state index >= 15 is 0 Å². The summed E-state index contributed by atoms with van der Waals surface area (Å²) in [5, 5.41) is 6.08. The van der Waals surface area contributed by atoms with Gasteiger partial charge in [0.05, 0.1) is 16.1 Å². The molecule has 1 saturated heterocycles. The van der Waals surface area contributed by atoms with E-state index in [0.717, 1.165) is 17.5 Å². The minimum absolute atomic E-state index is 0.0169. The van der Waals surface area contributed by atoms with Crippen LogP contribution in [-0.2, 0) is 6.54 Å². The van der Waals surface area contributed by atoms with Gasteiger partial charge in [0.25, 0.3) is 17.7 Å². The lowest BCUT2D eigenvalue weighted by Gasteiger charge is -2.26. The average Bonchev–Trinajstić information content (AvgIpc) is 3.27. The molecule has 0 unspecified atom stereocenters. The number of nitrogens with one attached hydrogen (secondary N) is 2. The summed E-state index contributed by atoms with van der Waals surface area (Å²) in [6, 6.07) is 25.4. The summed E-state index contributed by atoms with van der Waals surface area (Å²) >= 11 is 6.22. The average molecular weight is 599 g/mol. The van der Waals surface area contributed by atoms with Crippen molar-refractivity contribution in [3.05, 3.63) is 130 Å². The molecule has 0 spiro atoms. The molecule has 43 heavy (non-hydrogen) atoms. The highest BCUT2D eigenvalue weighted by Crippen LogP contribution is 2.27. The van der Waals surface area contributed by atoms with E-state index in [0.29, 0.717) is 59.3 Å². The Kier molecular flexibility index (Phi) is 9.37. The number of hydrogen-bond donors (Lipinski definition) is 2. The summed E-state index contributed by atoms with van der Waals surface area (Å²) in [5.41, 5.74) is 4.32. The van der Waals surface area contributed by atoms with Crippen molar-refractivity contribution in [2.75, 3.05) is 36.4 Å².